The zero-order chi connectivity index (χ0) is 13.3. The van der Waals surface area contributed by atoms with Gasteiger partial charge in [-0.1, -0.05) is 23.7 Å². The normalized spacial score (nSPS) is 16.3. The van der Waals surface area contributed by atoms with Crippen molar-refractivity contribution in [1.29, 1.82) is 0 Å². The second-order valence-electron chi connectivity index (χ2n) is 5.63. The van der Waals surface area contributed by atoms with E-state index in [1.54, 1.807) is 4.90 Å². The number of hydrogen-bond acceptors (Lipinski definition) is 2. The Labute approximate surface area is 113 Å². The van der Waals surface area contributed by atoms with E-state index in [4.69, 9.17) is 16.3 Å². The largest absolute Gasteiger partial charge is 0.444 e. The molecule has 18 heavy (non-hydrogen) atoms. The first-order chi connectivity index (χ1) is 8.35. The summed E-state index contributed by atoms with van der Waals surface area (Å²) in [6, 6.07) is 7.79. The molecule has 1 saturated heterocycles. The van der Waals surface area contributed by atoms with Crippen LogP contribution in [0.2, 0.25) is 5.02 Å². The van der Waals surface area contributed by atoms with Crippen molar-refractivity contribution in [2.45, 2.75) is 32.3 Å². The van der Waals surface area contributed by atoms with Gasteiger partial charge in [0.25, 0.3) is 0 Å². The van der Waals surface area contributed by atoms with Crippen LogP contribution in [0.4, 0.5) is 4.79 Å². The van der Waals surface area contributed by atoms with Gasteiger partial charge >= 0.3 is 6.09 Å². The fraction of sp³-hybridized carbons (Fsp3) is 0.500. The first-order valence-corrected chi connectivity index (χ1v) is 6.46. The van der Waals surface area contributed by atoms with Crippen LogP contribution < -0.4 is 0 Å². The molecule has 1 aliphatic heterocycles. The van der Waals surface area contributed by atoms with Crippen LogP contribution >= 0.6 is 11.6 Å². The summed E-state index contributed by atoms with van der Waals surface area (Å²) in [4.78, 5) is 13.5. The first kappa shape index (κ1) is 13.2. The molecule has 1 heterocycles. The zero-order valence-corrected chi connectivity index (χ0v) is 11.7. The maximum atomic E-state index is 11.8. The predicted molar refractivity (Wildman–Crippen MR) is 72.0 cm³/mol. The monoisotopic (exact) mass is 267 g/mol. The van der Waals surface area contributed by atoms with Crippen molar-refractivity contribution in [3.63, 3.8) is 0 Å². The molecule has 1 aromatic rings. The van der Waals surface area contributed by atoms with Crippen molar-refractivity contribution in [3.8, 4) is 0 Å². The second kappa shape index (κ2) is 4.81. The number of halogens is 1. The standard InChI is InChI=1S/C14H18ClNO2/c1-14(2,3)18-13(17)16-8-11(9-16)10-4-6-12(15)7-5-10/h4-7,11H,8-9H2,1-3H3. The highest BCUT2D eigenvalue weighted by atomic mass is 35.5. The highest BCUT2D eigenvalue weighted by molar-refractivity contribution is 6.30. The molecule has 3 nitrogen and oxygen atoms in total. The summed E-state index contributed by atoms with van der Waals surface area (Å²) in [5.41, 5.74) is 0.793. The van der Waals surface area contributed by atoms with Gasteiger partial charge in [-0.3, -0.25) is 0 Å². The van der Waals surface area contributed by atoms with Crippen molar-refractivity contribution in [2.24, 2.45) is 0 Å². The van der Waals surface area contributed by atoms with Gasteiger partial charge < -0.3 is 9.64 Å². The molecule has 1 aliphatic rings. The van der Waals surface area contributed by atoms with E-state index in [1.165, 1.54) is 5.56 Å². The Hall–Kier alpha value is -1.22. The maximum absolute atomic E-state index is 11.8. The zero-order valence-electron chi connectivity index (χ0n) is 10.9. The Balaban J connectivity index is 1.87. The molecule has 4 heteroatoms. The molecule has 0 radical (unpaired) electrons. The number of nitrogens with zero attached hydrogens (tertiary/aromatic N) is 1. The summed E-state index contributed by atoms with van der Waals surface area (Å²) in [5.74, 6) is 0.398. The number of amides is 1. The summed E-state index contributed by atoms with van der Waals surface area (Å²) < 4.78 is 5.31. The molecule has 1 aromatic carbocycles. The highest BCUT2D eigenvalue weighted by Crippen LogP contribution is 2.29. The van der Waals surface area contributed by atoms with Crippen molar-refractivity contribution in [2.75, 3.05) is 13.1 Å². The fourth-order valence-electron chi connectivity index (χ4n) is 1.90. The molecular formula is C14H18ClNO2. The van der Waals surface area contributed by atoms with E-state index in [9.17, 15) is 4.79 Å². The Morgan fingerprint density at radius 2 is 1.83 bits per heavy atom. The third-order valence-electron chi connectivity index (χ3n) is 2.87. The molecular weight excluding hydrogens is 250 g/mol. The number of likely N-dealkylation sites (tertiary alicyclic amines) is 1. The minimum absolute atomic E-state index is 0.229. The number of ether oxygens (including phenoxy) is 1. The Kier molecular flexibility index (Phi) is 3.53. The number of rotatable bonds is 1. The van der Waals surface area contributed by atoms with Crippen molar-refractivity contribution in [1.82, 2.24) is 4.90 Å². The lowest BCUT2D eigenvalue weighted by Gasteiger charge is -2.40. The molecule has 0 spiro atoms. The average molecular weight is 268 g/mol. The molecule has 1 fully saturated rings. The van der Waals surface area contributed by atoms with Gasteiger partial charge in [0.15, 0.2) is 0 Å². The van der Waals surface area contributed by atoms with Crippen LogP contribution in [0, 0.1) is 0 Å². The van der Waals surface area contributed by atoms with E-state index in [0.717, 1.165) is 18.1 Å². The number of hydrogen-bond donors (Lipinski definition) is 0. The van der Waals surface area contributed by atoms with E-state index in [0.29, 0.717) is 5.92 Å². The highest BCUT2D eigenvalue weighted by Gasteiger charge is 2.34. The van der Waals surface area contributed by atoms with Gasteiger partial charge in [-0.15, -0.1) is 0 Å². The molecule has 0 unspecified atom stereocenters. The minimum atomic E-state index is -0.428. The average Bonchev–Trinajstić information content (AvgIpc) is 2.15. The van der Waals surface area contributed by atoms with Crippen LogP contribution in [0.25, 0.3) is 0 Å². The summed E-state index contributed by atoms with van der Waals surface area (Å²) in [6.45, 7) is 7.07. The third kappa shape index (κ3) is 3.16. The van der Waals surface area contributed by atoms with Gasteiger partial charge in [-0.2, -0.15) is 0 Å². The molecule has 0 saturated carbocycles. The lowest BCUT2D eigenvalue weighted by Crippen LogP contribution is -2.50. The Morgan fingerprint density at radius 1 is 1.28 bits per heavy atom. The van der Waals surface area contributed by atoms with Crippen molar-refractivity contribution < 1.29 is 9.53 Å². The van der Waals surface area contributed by atoms with Gasteiger partial charge in [0.1, 0.15) is 5.60 Å². The van der Waals surface area contributed by atoms with E-state index in [-0.39, 0.29) is 6.09 Å². The van der Waals surface area contributed by atoms with Crippen LogP contribution in [-0.4, -0.2) is 29.7 Å². The van der Waals surface area contributed by atoms with Crippen LogP contribution in [0.1, 0.15) is 32.3 Å². The van der Waals surface area contributed by atoms with Gasteiger partial charge in [-0.25, -0.2) is 4.79 Å². The molecule has 2 rings (SSSR count). The summed E-state index contributed by atoms with van der Waals surface area (Å²) >= 11 is 5.84. The topological polar surface area (TPSA) is 29.5 Å². The smallest absolute Gasteiger partial charge is 0.410 e. The number of carbonyl (C=O) groups excluding carboxylic acids is 1. The van der Waals surface area contributed by atoms with E-state index in [2.05, 4.69) is 0 Å². The summed E-state index contributed by atoms with van der Waals surface area (Å²) in [5, 5.41) is 0.738. The van der Waals surface area contributed by atoms with Gasteiger partial charge in [-0.05, 0) is 38.5 Å². The first-order valence-electron chi connectivity index (χ1n) is 6.08. The van der Waals surface area contributed by atoms with Crippen LogP contribution in [0.15, 0.2) is 24.3 Å². The van der Waals surface area contributed by atoms with Gasteiger partial charge in [0.05, 0.1) is 0 Å². The van der Waals surface area contributed by atoms with Gasteiger partial charge in [0, 0.05) is 24.0 Å². The van der Waals surface area contributed by atoms with Crippen LogP contribution in [0.3, 0.4) is 0 Å². The SMILES string of the molecule is CC(C)(C)OC(=O)N1CC(c2ccc(Cl)cc2)C1. The Morgan fingerprint density at radius 3 is 2.33 bits per heavy atom. The number of carbonyl (C=O) groups is 1. The van der Waals surface area contributed by atoms with Crippen LogP contribution in [-0.2, 0) is 4.74 Å². The van der Waals surface area contributed by atoms with Gasteiger partial charge in [0.2, 0.25) is 0 Å². The predicted octanol–water partition coefficient (Wildman–Crippen LogP) is 3.67. The minimum Gasteiger partial charge on any atom is -0.444 e. The van der Waals surface area contributed by atoms with Crippen molar-refractivity contribution in [3.05, 3.63) is 34.9 Å². The summed E-state index contributed by atoms with van der Waals surface area (Å²) in [6.07, 6.45) is -0.229. The molecule has 0 aromatic heterocycles. The van der Waals surface area contributed by atoms with E-state index >= 15 is 0 Å². The molecule has 0 bridgehead atoms. The molecule has 0 aliphatic carbocycles. The lowest BCUT2D eigenvalue weighted by atomic mass is 9.92. The van der Waals surface area contributed by atoms with E-state index in [1.807, 2.05) is 45.0 Å². The molecule has 1 amide bonds. The Bertz CT molecular complexity index is 430. The number of benzene rings is 1. The van der Waals surface area contributed by atoms with Crippen LogP contribution in [0.5, 0.6) is 0 Å². The third-order valence-corrected chi connectivity index (χ3v) is 3.13. The maximum Gasteiger partial charge on any atom is 0.410 e. The van der Waals surface area contributed by atoms with E-state index < -0.39 is 5.60 Å². The molecule has 0 atom stereocenters. The second-order valence-corrected chi connectivity index (χ2v) is 6.07. The quantitative estimate of drug-likeness (QED) is 0.777. The van der Waals surface area contributed by atoms with Crippen molar-refractivity contribution >= 4 is 17.7 Å². The lowest BCUT2D eigenvalue weighted by molar-refractivity contribution is 0.00820. The summed E-state index contributed by atoms with van der Waals surface area (Å²) in [7, 11) is 0. The fourth-order valence-corrected chi connectivity index (χ4v) is 2.03. The molecule has 98 valence electrons. The molecule has 0 N–H and O–H groups in total.